The SMILES string of the molecule is CCC(CC(O)CN)c1ccc(Cl)cc1. The first kappa shape index (κ1) is 12.5. The molecule has 0 amide bonds. The molecule has 1 rings (SSSR count). The molecule has 2 unspecified atom stereocenters. The standard InChI is InChI=1S/C12H18ClNO/c1-2-9(7-12(15)8-14)10-3-5-11(13)6-4-10/h3-6,9,12,15H,2,7-8,14H2,1H3. The summed E-state index contributed by atoms with van der Waals surface area (Å²) in [7, 11) is 0. The van der Waals surface area contributed by atoms with Crippen LogP contribution in [0.25, 0.3) is 0 Å². The Morgan fingerprint density at radius 3 is 2.40 bits per heavy atom. The van der Waals surface area contributed by atoms with E-state index in [1.807, 2.05) is 24.3 Å². The van der Waals surface area contributed by atoms with Gasteiger partial charge in [-0.2, -0.15) is 0 Å². The third-order valence-corrected chi connectivity index (χ3v) is 2.91. The molecule has 0 aliphatic rings. The molecule has 0 saturated heterocycles. The van der Waals surface area contributed by atoms with Crippen molar-refractivity contribution in [2.75, 3.05) is 6.54 Å². The van der Waals surface area contributed by atoms with Crippen molar-refractivity contribution in [1.82, 2.24) is 0 Å². The van der Waals surface area contributed by atoms with E-state index in [2.05, 4.69) is 6.92 Å². The van der Waals surface area contributed by atoms with Crippen LogP contribution in [0.1, 0.15) is 31.2 Å². The van der Waals surface area contributed by atoms with Gasteiger partial charge in [0.05, 0.1) is 6.10 Å². The average molecular weight is 228 g/mol. The van der Waals surface area contributed by atoms with Gasteiger partial charge in [-0.15, -0.1) is 0 Å². The first-order valence-corrected chi connectivity index (χ1v) is 5.68. The minimum absolute atomic E-state index is 0.324. The van der Waals surface area contributed by atoms with E-state index in [1.54, 1.807) is 0 Å². The van der Waals surface area contributed by atoms with Gasteiger partial charge in [-0.05, 0) is 36.5 Å². The van der Waals surface area contributed by atoms with Crippen LogP contribution in [-0.4, -0.2) is 17.8 Å². The summed E-state index contributed by atoms with van der Waals surface area (Å²) in [5, 5.41) is 10.3. The number of rotatable bonds is 5. The van der Waals surface area contributed by atoms with Gasteiger partial charge in [0.15, 0.2) is 0 Å². The Hall–Kier alpha value is -0.570. The van der Waals surface area contributed by atoms with Crippen molar-refractivity contribution in [2.24, 2.45) is 5.73 Å². The Kier molecular flexibility index (Phi) is 5.09. The molecule has 0 spiro atoms. The Morgan fingerprint density at radius 1 is 1.33 bits per heavy atom. The normalized spacial score (nSPS) is 14.9. The quantitative estimate of drug-likeness (QED) is 0.812. The van der Waals surface area contributed by atoms with Gasteiger partial charge in [0, 0.05) is 11.6 Å². The van der Waals surface area contributed by atoms with E-state index in [4.69, 9.17) is 17.3 Å². The van der Waals surface area contributed by atoms with Crippen LogP contribution in [0.5, 0.6) is 0 Å². The van der Waals surface area contributed by atoms with Crippen LogP contribution in [0.4, 0.5) is 0 Å². The van der Waals surface area contributed by atoms with E-state index in [0.29, 0.717) is 18.9 Å². The topological polar surface area (TPSA) is 46.2 Å². The maximum absolute atomic E-state index is 9.52. The van der Waals surface area contributed by atoms with Gasteiger partial charge >= 0.3 is 0 Å². The summed E-state index contributed by atoms with van der Waals surface area (Å²) in [6, 6.07) is 7.79. The summed E-state index contributed by atoms with van der Waals surface area (Å²) in [5.41, 5.74) is 6.62. The third kappa shape index (κ3) is 3.82. The fourth-order valence-electron chi connectivity index (χ4n) is 1.70. The molecule has 3 heteroatoms. The number of nitrogens with two attached hydrogens (primary N) is 1. The van der Waals surface area contributed by atoms with Crippen molar-refractivity contribution >= 4 is 11.6 Å². The summed E-state index contributed by atoms with van der Waals surface area (Å²) in [6.07, 6.45) is 1.30. The average Bonchev–Trinajstić information content (AvgIpc) is 2.27. The zero-order valence-electron chi connectivity index (χ0n) is 8.99. The van der Waals surface area contributed by atoms with Crippen molar-refractivity contribution in [3.8, 4) is 0 Å². The second kappa shape index (κ2) is 6.11. The van der Waals surface area contributed by atoms with Gasteiger partial charge in [0.25, 0.3) is 0 Å². The van der Waals surface area contributed by atoms with Crippen LogP contribution >= 0.6 is 11.6 Å². The zero-order chi connectivity index (χ0) is 11.3. The maximum Gasteiger partial charge on any atom is 0.0668 e. The van der Waals surface area contributed by atoms with E-state index >= 15 is 0 Å². The number of aliphatic hydroxyl groups is 1. The van der Waals surface area contributed by atoms with E-state index < -0.39 is 6.10 Å². The minimum atomic E-state index is -0.411. The summed E-state index contributed by atoms with van der Waals surface area (Å²) >= 11 is 5.82. The van der Waals surface area contributed by atoms with Gasteiger partial charge in [-0.25, -0.2) is 0 Å². The number of halogens is 1. The van der Waals surface area contributed by atoms with E-state index in [-0.39, 0.29) is 0 Å². The molecule has 0 fully saturated rings. The van der Waals surface area contributed by atoms with Gasteiger partial charge in [0.2, 0.25) is 0 Å². The lowest BCUT2D eigenvalue weighted by Crippen LogP contribution is -2.22. The molecule has 15 heavy (non-hydrogen) atoms. The van der Waals surface area contributed by atoms with Crippen LogP contribution < -0.4 is 5.73 Å². The van der Waals surface area contributed by atoms with Gasteiger partial charge in [-0.3, -0.25) is 0 Å². The highest BCUT2D eigenvalue weighted by atomic mass is 35.5. The van der Waals surface area contributed by atoms with Crippen LogP contribution in [0, 0.1) is 0 Å². The molecule has 0 bridgehead atoms. The van der Waals surface area contributed by atoms with E-state index in [9.17, 15) is 5.11 Å². The number of hydrogen-bond acceptors (Lipinski definition) is 2. The van der Waals surface area contributed by atoms with E-state index in [1.165, 1.54) is 5.56 Å². The molecule has 1 aromatic rings. The van der Waals surface area contributed by atoms with Crippen molar-refractivity contribution in [3.63, 3.8) is 0 Å². The molecule has 84 valence electrons. The Bertz CT molecular complexity index is 286. The number of benzene rings is 1. The molecular weight excluding hydrogens is 210 g/mol. The highest BCUT2D eigenvalue weighted by Crippen LogP contribution is 2.25. The van der Waals surface area contributed by atoms with Crippen LogP contribution in [0.3, 0.4) is 0 Å². The van der Waals surface area contributed by atoms with Crippen LogP contribution in [-0.2, 0) is 0 Å². The maximum atomic E-state index is 9.52. The van der Waals surface area contributed by atoms with Crippen molar-refractivity contribution < 1.29 is 5.11 Å². The molecule has 2 nitrogen and oxygen atoms in total. The fourth-order valence-corrected chi connectivity index (χ4v) is 1.82. The van der Waals surface area contributed by atoms with E-state index in [0.717, 1.165) is 11.4 Å². The summed E-state index contributed by atoms with van der Waals surface area (Å²) < 4.78 is 0. The predicted octanol–water partition coefficient (Wildman–Crippen LogP) is 2.54. The third-order valence-electron chi connectivity index (χ3n) is 2.66. The van der Waals surface area contributed by atoms with Crippen LogP contribution in [0.2, 0.25) is 5.02 Å². The van der Waals surface area contributed by atoms with Gasteiger partial charge < -0.3 is 10.8 Å². The van der Waals surface area contributed by atoms with Crippen molar-refractivity contribution in [1.29, 1.82) is 0 Å². The molecule has 3 N–H and O–H groups in total. The lowest BCUT2D eigenvalue weighted by molar-refractivity contribution is 0.162. The Labute approximate surface area is 96.1 Å². The molecule has 0 heterocycles. The molecule has 0 aliphatic carbocycles. The lowest BCUT2D eigenvalue weighted by Gasteiger charge is -2.18. The number of hydrogen-bond donors (Lipinski definition) is 2. The molecule has 0 radical (unpaired) electrons. The highest BCUT2D eigenvalue weighted by molar-refractivity contribution is 6.30. The predicted molar refractivity (Wildman–Crippen MR) is 64.2 cm³/mol. The molecular formula is C12H18ClNO. The van der Waals surface area contributed by atoms with Gasteiger partial charge in [-0.1, -0.05) is 30.7 Å². The first-order valence-electron chi connectivity index (χ1n) is 5.31. The number of aliphatic hydroxyl groups excluding tert-OH is 1. The molecule has 1 aromatic carbocycles. The van der Waals surface area contributed by atoms with Crippen LogP contribution in [0.15, 0.2) is 24.3 Å². The minimum Gasteiger partial charge on any atom is -0.392 e. The first-order chi connectivity index (χ1) is 7.17. The summed E-state index contributed by atoms with van der Waals surface area (Å²) in [5.74, 6) is 0.362. The lowest BCUT2D eigenvalue weighted by atomic mass is 9.91. The zero-order valence-corrected chi connectivity index (χ0v) is 9.74. The second-order valence-electron chi connectivity index (χ2n) is 3.78. The molecule has 0 aromatic heterocycles. The second-order valence-corrected chi connectivity index (χ2v) is 4.22. The summed E-state index contributed by atoms with van der Waals surface area (Å²) in [6.45, 7) is 2.44. The fraction of sp³-hybridized carbons (Fsp3) is 0.500. The Balaban J connectivity index is 2.69. The van der Waals surface area contributed by atoms with Gasteiger partial charge in [0.1, 0.15) is 0 Å². The van der Waals surface area contributed by atoms with Crippen molar-refractivity contribution in [2.45, 2.75) is 31.8 Å². The summed E-state index contributed by atoms with van der Waals surface area (Å²) in [4.78, 5) is 0. The smallest absolute Gasteiger partial charge is 0.0668 e. The highest BCUT2D eigenvalue weighted by Gasteiger charge is 2.13. The largest absolute Gasteiger partial charge is 0.392 e. The molecule has 0 saturated carbocycles. The van der Waals surface area contributed by atoms with Crippen molar-refractivity contribution in [3.05, 3.63) is 34.9 Å². The molecule has 2 atom stereocenters. The molecule has 0 aliphatic heterocycles. The Morgan fingerprint density at radius 2 is 1.93 bits per heavy atom. The monoisotopic (exact) mass is 227 g/mol.